The minimum Gasteiger partial charge on any atom is -0.487 e. The van der Waals surface area contributed by atoms with Crippen LogP contribution in [0.1, 0.15) is 11.3 Å². The average molecular weight is 286 g/mol. The summed E-state index contributed by atoms with van der Waals surface area (Å²) in [6.07, 6.45) is 1.74. The first-order valence-electron chi connectivity index (χ1n) is 6.65. The number of ether oxygens (including phenoxy) is 1. The number of carbonyl (C=O) groups is 1. The summed E-state index contributed by atoms with van der Waals surface area (Å²) in [4.78, 5) is 16.5. The molecule has 5 heteroatoms. The van der Waals surface area contributed by atoms with Gasteiger partial charge in [0, 0.05) is 12.7 Å². The van der Waals surface area contributed by atoms with Gasteiger partial charge in [0.2, 0.25) is 0 Å². The number of hydrogen-bond donors (Lipinski definition) is 1. The molecule has 2 rings (SSSR count). The number of carboxylic acids is 1. The van der Waals surface area contributed by atoms with Gasteiger partial charge in [-0.1, -0.05) is 18.2 Å². The third kappa shape index (κ3) is 5.24. The van der Waals surface area contributed by atoms with Crippen LogP contribution in [0.3, 0.4) is 0 Å². The molecule has 0 fully saturated rings. The molecule has 0 saturated heterocycles. The van der Waals surface area contributed by atoms with Crippen LogP contribution in [0.4, 0.5) is 0 Å². The summed E-state index contributed by atoms with van der Waals surface area (Å²) >= 11 is 0. The maximum absolute atomic E-state index is 10.6. The van der Waals surface area contributed by atoms with Crippen LogP contribution in [0, 0.1) is 0 Å². The predicted molar refractivity (Wildman–Crippen MR) is 79.0 cm³/mol. The lowest BCUT2D eigenvalue weighted by Crippen LogP contribution is -2.25. The van der Waals surface area contributed by atoms with Crippen LogP contribution in [-0.2, 0) is 17.9 Å². The van der Waals surface area contributed by atoms with Crippen LogP contribution in [0.25, 0.3) is 0 Å². The van der Waals surface area contributed by atoms with Crippen LogP contribution >= 0.6 is 0 Å². The second-order valence-corrected chi connectivity index (χ2v) is 4.82. The molecule has 0 radical (unpaired) electrons. The summed E-state index contributed by atoms with van der Waals surface area (Å²) < 4.78 is 5.65. The van der Waals surface area contributed by atoms with Gasteiger partial charge >= 0.3 is 5.97 Å². The van der Waals surface area contributed by atoms with Gasteiger partial charge in [-0.25, -0.2) is 0 Å². The molecule has 0 aliphatic heterocycles. The van der Waals surface area contributed by atoms with Crippen molar-refractivity contribution in [1.29, 1.82) is 0 Å². The van der Waals surface area contributed by atoms with E-state index in [1.165, 1.54) is 0 Å². The first-order chi connectivity index (χ1) is 10.1. The maximum atomic E-state index is 10.6. The SMILES string of the molecule is CN(CC(=O)O)Cc1ccc(OCc2ccccn2)cc1. The third-order valence-corrected chi connectivity index (χ3v) is 2.89. The summed E-state index contributed by atoms with van der Waals surface area (Å²) in [5.41, 5.74) is 1.92. The van der Waals surface area contributed by atoms with Crippen LogP contribution < -0.4 is 4.74 Å². The minimum atomic E-state index is -0.826. The van der Waals surface area contributed by atoms with E-state index in [2.05, 4.69) is 4.98 Å². The van der Waals surface area contributed by atoms with E-state index in [0.29, 0.717) is 13.2 Å². The summed E-state index contributed by atoms with van der Waals surface area (Å²) in [6, 6.07) is 13.3. The van der Waals surface area contributed by atoms with Gasteiger partial charge in [0.25, 0.3) is 0 Å². The lowest BCUT2D eigenvalue weighted by Gasteiger charge is -2.14. The molecule has 0 unspecified atom stereocenters. The van der Waals surface area contributed by atoms with Crippen molar-refractivity contribution < 1.29 is 14.6 Å². The smallest absolute Gasteiger partial charge is 0.317 e. The molecule has 0 amide bonds. The number of rotatable bonds is 7. The highest BCUT2D eigenvalue weighted by atomic mass is 16.5. The molecule has 110 valence electrons. The first-order valence-corrected chi connectivity index (χ1v) is 6.65. The fourth-order valence-corrected chi connectivity index (χ4v) is 1.93. The van der Waals surface area contributed by atoms with Crippen LogP contribution in [0.5, 0.6) is 5.75 Å². The zero-order chi connectivity index (χ0) is 15.1. The molecule has 1 N–H and O–H groups in total. The van der Waals surface area contributed by atoms with E-state index < -0.39 is 5.97 Å². The number of benzene rings is 1. The highest BCUT2D eigenvalue weighted by molar-refractivity contribution is 5.69. The fraction of sp³-hybridized carbons (Fsp3) is 0.250. The topological polar surface area (TPSA) is 62.7 Å². The fourth-order valence-electron chi connectivity index (χ4n) is 1.93. The Labute approximate surface area is 123 Å². The van der Waals surface area contributed by atoms with Gasteiger partial charge in [0.15, 0.2) is 0 Å². The summed E-state index contributed by atoms with van der Waals surface area (Å²) in [6.45, 7) is 1.05. The monoisotopic (exact) mass is 286 g/mol. The molecule has 0 aliphatic rings. The number of aromatic nitrogens is 1. The number of pyridine rings is 1. The number of nitrogens with zero attached hydrogens (tertiary/aromatic N) is 2. The Bertz CT molecular complexity index is 570. The Hall–Kier alpha value is -2.40. The standard InChI is InChI=1S/C16H18N2O3/c1-18(11-16(19)20)10-13-5-7-15(8-6-13)21-12-14-4-2-3-9-17-14/h2-9H,10-12H2,1H3,(H,19,20). The quantitative estimate of drug-likeness (QED) is 0.845. The molecule has 1 aromatic heterocycles. The molecular weight excluding hydrogens is 268 g/mol. The highest BCUT2D eigenvalue weighted by Gasteiger charge is 2.05. The third-order valence-electron chi connectivity index (χ3n) is 2.89. The number of likely N-dealkylation sites (N-methyl/N-ethyl adjacent to an activating group) is 1. The molecule has 5 nitrogen and oxygen atoms in total. The zero-order valence-electron chi connectivity index (χ0n) is 11.9. The van der Waals surface area contributed by atoms with Crippen molar-refractivity contribution in [2.75, 3.05) is 13.6 Å². The number of carboxylic acid groups (broad SMARTS) is 1. The van der Waals surface area contributed by atoms with Gasteiger partial charge < -0.3 is 9.84 Å². The Kier molecular flexibility index (Phi) is 5.29. The molecule has 1 heterocycles. The lowest BCUT2D eigenvalue weighted by molar-refractivity contribution is -0.138. The van der Waals surface area contributed by atoms with E-state index in [4.69, 9.17) is 9.84 Å². The predicted octanol–water partition coefficient (Wildman–Crippen LogP) is 2.18. The molecule has 0 bridgehead atoms. The van der Waals surface area contributed by atoms with Crippen molar-refractivity contribution in [2.24, 2.45) is 0 Å². The Morgan fingerprint density at radius 1 is 1.24 bits per heavy atom. The van der Waals surface area contributed by atoms with Crippen LogP contribution in [-0.4, -0.2) is 34.6 Å². The lowest BCUT2D eigenvalue weighted by atomic mass is 10.2. The summed E-state index contributed by atoms with van der Waals surface area (Å²) in [5.74, 6) is -0.0573. The van der Waals surface area contributed by atoms with Crippen LogP contribution in [0.15, 0.2) is 48.7 Å². The molecule has 0 spiro atoms. The van der Waals surface area contributed by atoms with E-state index in [1.54, 1.807) is 18.1 Å². The zero-order valence-corrected chi connectivity index (χ0v) is 11.9. The summed E-state index contributed by atoms with van der Waals surface area (Å²) in [5, 5.41) is 8.72. The van der Waals surface area contributed by atoms with Gasteiger partial charge in [-0.3, -0.25) is 14.7 Å². The average Bonchev–Trinajstić information content (AvgIpc) is 2.47. The molecule has 1 aromatic carbocycles. The minimum absolute atomic E-state index is 0.0257. The van der Waals surface area contributed by atoms with E-state index in [1.807, 2.05) is 42.5 Å². The van der Waals surface area contributed by atoms with Crippen molar-refractivity contribution in [3.63, 3.8) is 0 Å². The van der Waals surface area contributed by atoms with E-state index in [0.717, 1.165) is 17.0 Å². The van der Waals surface area contributed by atoms with Crippen molar-refractivity contribution >= 4 is 5.97 Å². The second-order valence-electron chi connectivity index (χ2n) is 4.82. The Morgan fingerprint density at radius 3 is 2.62 bits per heavy atom. The van der Waals surface area contributed by atoms with Crippen molar-refractivity contribution in [3.8, 4) is 5.75 Å². The van der Waals surface area contributed by atoms with Gasteiger partial charge in [-0.05, 0) is 36.9 Å². The second kappa shape index (κ2) is 7.40. The molecular formula is C16H18N2O3. The van der Waals surface area contributed by atoms with Gasteiger partial charge in [-0.15, -0.1) is 0 Å². The highest BCUT2D eigenvalue weighted by Crippen LogP contribution is 2.14. The largest absolute Gasteiger partial charge is 0.487 e. The normalized spacial score (nSPS) is 10.6. The number of aliphatic carboxylic acids is 1. The van der Waals surface area contributed by atoms with Crippen molar-refractivity contribution in [3.05, 3.63) is 59.9 Å². The van der Waals surface area contributed by atoms with Gasteiger partial charge in [0.05, 0.1) is 12.2 Å². The Morgan fingerprint density at radius 2 is 2.00 bits per heavy atom. The molecule has 21 heavy (non-hydrogen) atoms. The number of hydrogen-bond acceptors (Lipinski definition) is 4. The maximum Gasteiger partial charge on any atom is 0.317 e. The van der Waals surface area contributed by atoms with Crippen LogP contribution in [0.2, 0.25) is 0 Å². The van der Waals surface area contributed by atoms with E-state index >= 15 is 0 Å². The first kappa shape index (κ1) is 15.0. The van der Waals surface area contributed by atoms with Crippen molar-refractivity contribution in [2.45, 2.75) is 13.2 Å². The molecule has 0 atom stereocenters. The molecule has 0 aliphatic carbocycles. The van der Waals surface area contributed by atoms with Crippen molar-refractivity contribution in [1.82, 2.24) is 9.88 Å². The summed E-state index contributed by atoms with van der Waals surface area (Å²) in [7, 11) is 1.78. The van der Waals surface area contributed by atoms with Gasteiger partial charge in [0.1, 0.15) is 12.4 Å². The van der Waals surface area contributed by atoms with Gasteiger partial charge in [-0.2, -0.15) is 0 Å². The van der Waals surface area contributed by atoms with E-state index in [-0.39, 0.29) is 6.54 Å². The van der Waals surface area contributed by atoms with E-state index in [9.17, 15) is 4.79 Å². The molecule has 2 aromatic rings. The molecule has 0 saturated carbocycles. The Balaban J connectivity index is 1.85.